The highest BCUT2D eigenvalue weighted by Crippen LogP contribution is 2.10. The van der Waals surface area contributed by atoms with Gasteiger partial charge in [-0.3, -0.25) is 9.59 Å². The van der Waals surface area contributed by atoms with Gasteiger partial charge in [0.25, 0.3) is 5.91 Å². The first kappa shape index (κ1) is 19.5. The van der Waals surface area contributed by atoms with Gasteiger partial charge in [-0.05, 0) is 49.6 Å². The molecule has 26 heavy (non-hydrogen) atoms. The number of hydrogen-bond acceptors (Lipinski definition) is 3. The van der Waals surface area contributed by atoms with E-state index in [2.05, 4.69) is 22.8 Å². The predicted molar refractivity (Wildman–Crippen MR) is 105 cm³/mol. The van der Waals surface area contributed by atoms with E-state index in [0.717, 1.165) is 18.5 Å². The smallest absolute Gasteiger partial charge is 0.253 e. The van der Waals surface area contributed by atoms with Crippen molar-refractivity contribution in [2.24, 2.45) is 0 Å². The maximum atomic E-state index is 12.1. The van der Waals surface area contributed by atoms with E-state index >= 15 is 0 Å². The van der Waals surface area contributed by atoms with Crippen LogP contribution in [0.5, 0.6) is 0 Å². The Morgan fingerprint density at radius 2 is 1.65 bits per heavy atom. The predicted octanol–water partition coefficient (Wildman–Crippen LogP) is 2.94. The van der Waals surface area contributed by atoms with E-state index in [1.165, 1.54) is 10.5 Å². The number of hydrogen-bond donors (Lipinski definition) is 2. The third kappa shape index (κ3) is 6.24. The van der Waals surface area contributed by atoms with Crippen LogP contribution >= 0.6 is 0 Å². The second-order valence-electron chi connectivity index (χ2n) is 6.62. The zero-order valence-electron chi connectivity index (χ0n) is 15.7. The van der Waals surface area contributed by atoms with Gasteiger partial charge in [0.1, 0.15) is 0 Å². The van der Waals surface area contributed by atoms with Crippen molar-refractivity contribution in [2.45, 2.75) is 25.8 Å². The van der Waals surface area contributed by atoms with Crippen molar-refractivity contribution in [1.29, 1.82) is 0 Å². The Kier molecular flexibility index (Phi) is 7.21. The van der Waals surface area contributed by atoms with Crippen LogP contribution in [0.4, 0.5) is 5.69 Å². The fraction of sp³-hybridized carbons (Fsp3) is 0.333. The first-order chi connectivity index (χ1) is 12.5. The van der Waals surface area contributed by atoms with Crippen LogP contribution in [-0.4, -0.2) is 43.4 Å². The number of benzene rings is 2. The summed E-state index contributed by atoms with van der Waals surface area (Å²) in [6.07, 6.45) is 1.84. The summed E-state index contributed by atoms with van der Waals surface area (Å²) in [6, 6.07) is 17.5. The van der Waals surface area contributed by atoms with E-state index in [1.54, 1.807) is 26.2 Å². The first-order valence-electron chi connectivity index (χ1n) is 8.84. The van der Waals surface area contributed by atoms with Gasteiger partial charge in [0, 0.05) is 31.4 Å². The molecule has 2 rings (SSSR count). The Morgan fingerprint density at radius 1 is 1.00 bits per heavy atom. The summed E-state index contributed by atoms with van der Waals surface area (Å²) in [6.45, 7) is 2.22. The lowest BCUT2D eigenvalue weighted by atomic mass is 10.1. The number of rotatable bonds is 8. The SMILES string of the molecule is C[C@H](CCc1ccccc1)NC(=O)CNc1ccc(C(=O)N(C)C)cc1. The van der Waals surface area contributed by atoms with Gasteiger partial charge >= 0.3 is 0 Å². The Balaban J connectivity index is 1.73. The molecule has 0 fully saturated rings. The standard InChI is InChI=1S/C21H27N3O2/c1-16(9-10-17-7-5-4-6-8-17)23-20(25)15-22-19-13-11-18(12-14-19)21(26)24(2)3/h4-8,11-14,16,22H,9-10,15H2,1-3H3,(H,23,25)/t16-/m1/s1. The lowest BCUT2D eigenvalue weighted by Gasteiger charge is -2.15. The molecule has 0 aliphatic heterocycles. The van der Waals surface area contributed by atoms with Crippen LogP contribution in [0.25, 0.3) is 0 Å². The zero-order valence-corrected chi connectivity index (χ0v) is 15.7. The lowest BCUT2D eigenvalue weighted by molar-refractivity contribution is -0.120. The van der Waals surface area contributed by atoms with Crippen molar-refractivity contribution < 1.29 is 9.59 Å². The average molecular weight is 353 g/mol. The normalized spacial score (nSPS) is 11.5. The number of anilines is 1. The highest BCUT2D eigenvalue weighted by molar-refractivity contribution is 5.94. The van der Waals surface area contributed by atoms with Crippen molar-refractivity contribution in [3.8, 4) is 0 Å². The van der Waals surface area contributed by atoms with Crippen LogP contribution in [0.2, 0.25) is 0 Å². The van der Waals surface area contributed by atoms with Crippen molar-refractivity contribution in [1.82, 2.24) is 10.2 Å². The van der Waals surface area contributed by atoms with E-state index < -0.39 is 0 Å². The molecule has 0 saturated carbocycles. The molecular weight excluding hydrogens is 326 g/mol. The monoisotopic (exact) mass is 353 g/mol. The molecule has 138 valence electrons. The molecule has 2 N–H and O–H groups in total. The maximum Gasteiger partial charge on any atom is 0.253 e. The van der Waals surface area contributed by atoms with Gasteiger partial charge < -0.3 is 15.5 Å². The minimum Gasteiger partial charge on any atom is -0.376 e. The zero-order chi connectivity index (χ0) is 18.9. The molecule has 2 aromatic rings. The molecule has 0 radical (unpaired) electrons. The average Bonchev–Trinajstić information content (AvgIpc) is 2.65. The van der Waals surface area contributed by atoms with Crippen molar-refractivity contribution >= 4 is 17.5 Å². The largest absolute Gasteiger partial charge is 0.376 e. The van der Waals surface area contributed by atoms with Crippen LogP contribution in [-0.2, 0) is 11.2 Å². The summed E-state index contributed by atoms with van der Waals surface area (Å²) in [5.74, 6) is -0.0828. The molecule has 5 heteroatoms. The second kappa shape index (κ2) is 9.61. The van der Waals surface area contributed by atoms with E-state index in [4.69, 9.17) is 0 Å². The number of aryl methyl sites for hydroxylation is 1. The minimum absolute atomic E-state index is 0.0402. The highest BCUT2D eigenvalue weighted by Gasteiger charge is 2.09. The molecule has 0 spiro atoms. The summed E-state index contributed by atoms with van der Waals surface area (Å²) in [5, 5.41) is 6.08. The van der Waals surface area contributed by atoms with Crippen LogP contribution in [0.3, 0.4) is 0 Å². The summed E-state index contributed by atoms with van der Waals surface area (Å²) < 4.78 is 0. The van der Waals surface area contributed by atoms with E-state index in [0.29, 0.717) is 5.56 Å². The molecule has 1 atom stereocenters. The van der Waals surface area contributed by atoms with Crippen molar-refractivity contribution in [3.63, 3.8) is 0 Å². The number of nitrogens with one attached hydrogen (secondary N) is 2. The Hall–Kier alpha value is -2.82. The molecule has 0 aliphatic rings. The van der Waals surface area contributed by atoms with Gasteiger partial charge in [0.15, 0.2) is 0 Å². The lowest BCUT2D eigenvalue weighted by Crippen LogP contribution is -2.36. The fourth-order valence-electron chi connectivity index (χ4n) is 2.60. The quantitative estimate of drug-likeness (QED) is 0.767. The van der Waals surface area contributed by atoms with Gasteiger partial charge in [0.05, 0.1) is 6.54 Å². The molecule has 0 bridgehead atoms. The molecule has 0 heterocycles. The van der Waals surface area contributed by atoms with E-state index in [1.807, 2.05) is 37.3 Å². The van der Waals surface area contributed by atoms with Crippen LogP contribution in [0.15, 0.2) is 54.6 Å². The molecular formula is C21H27N3O2. The highest BCUT2D eigenvalue weighted by atomic mass is 16.2. The molecule has 0 saturated heterocycles. The molecule has 0 unspecified atom stereocenters. The number of carbonyl (C=O) groups is 2. The van der Waals surface area contributed by atoms with Gasteiger partial charge in [-0.15, -0.1) is 0 Å². The van der Waals surface area contributed by atoms with Crippen LogP contribution in [0, 0.1) is 0 Å². The molecule has 5 nitrogen and oxygen atoms in total. The Morgan fingerprint density at radius 3 is 2.27 bits per heavy atom. The Bertz CT molecular complexity index is 712. The minimum atomic E-state index is -0.0426. The maximum absolute atomic E-state index is 12.1. The first-order valence-corrected chi connectivity index (χ1v) is 8.84. The van der Waals surface area contributed by atoms with Crippen LogP contribution < -0.4 is 10.6 Å². The van der Waals surface area contributed by atoms with Crippen LogP contribution in [0.1, 0.15) is 29.3 Å². The molecule has 0 aromatic heterocycles. The summed E-state index contributed by atoms with van der Waals surface area (Å²) in [4.78, 5) is 25.5. The third-order valence-electron chi connectivity index (χ3n) is 4.11. The third-order valence-corrected chi connectivity index (χ3v) is 4.11. The molecule has 2 aromatic carbocycles. The topological polar surface area (TPSA) is 61.4 Å². The number of carbonyl (C=O) groups excluding carboxylic acids is 2. The van der Waals surface area contributed by atoms with E-state index in [9.17, 15) is 9.59 Å². The van der Waals surface area contributed by atoms with Crippen molar-refractivity contribution in [3.05, 3.63) is 65.7 Å². The molecule has 2 amide bonds. The fourth-order valence-corrected chi connectivity index (χ4v) is 2.60. The van der Waals surface area contributed by atoms with Gasteiger partial charge in [-0.25, -0.2) is 0 Å². The second-order valence-corrected chi connectivity index (χ2v) is 6.62. The van der Waals surface area contributed by atoms with Gasteiger partial charge in [-0.2, -0.15) is 0 Å². The molecule has 0 aliphatic carbocycles. The number of nitrogens with zero attached hydrogens (tertiary/aromatic N) is 1. The van der Waals surface area contributed by atoms with E-state index in [-0.39, 0.29) is 24.4 Å². The summed E-state index contributed by atoms with van der Waals surface area (Å²) in [5.41, 5.74) is 2.71. The summed E-state index contributed by atoms with van der Waals surface area (Å²) >= 11 is 0. The Labute approximate surface area is 155 Å². The van der Waals surface area contributed by atoms with Gasteiger partial charge in [-0.1, -0.05) is 30.3 Å². The number of amides is 2. The van der Waals surface area contributed by atoms with Crippen molar-refractivity contribution in [2.75, 3.05) is 26.0 Å². The summed E-state index contributed by atoms with van der Waals surface area (Å²) in [7, 11) is 3.44. The van der Waals surface area contributed by atoms with Gasteiger partial charge in [0.2, 0.25) is 5.91 Å².